The fraction of sp³-hybridized carbons (Fsp3) is 0.250. The van der Waals surface area contributed by atoms with Crippen molar-refractivity contribution in [2.45, 2.75) is 33.4 Å². The quantitative estimate of drug-likeness (QED) is 0.532. The van der Waals surface area contributed by atoms with E-state index in [2.05, 4.69) is 41.6 Å². The lowest BCUT2D eigenvalue weighted by molar-refractivity contribution is 0.281. The number of nitrogens with two attached hydrogens (primary N) is 1. The predicted octanol–water partition coefficient (Wildman–Crippen LogP) is 4.20. The van der Waals surface area contributed by atoms with E-state index in [1.807, 2.05) is 18.2 Å². The van der Waals surface area contributed by atoms with Crippen molar-refractivity contribution < 1.29 is 5.11 Å². The van der Waals surface area contributed by atoms with Gasteiger partial charge in [0.05, 0.1) is 6.61 Å². The van der Waals surface area contributed by atoms with Gasteiger partial charge in [-0.3, -0.25) is 0 Å². The van der Waals surface area contributed by atoms with E-state index in [1.165, 1.54) is 17.0 Å². The van der Waals surface area contributed by atoms with Gasteiger partial charge in [0, 0.05) is 40.9 Å². The maximum atomic E-state index is 9.40. The van der Waals surface area contributed by atoms with Gasteiger partial charge in [-0.15, -0.1) is 0 Å². The van der Waals surface area contributed by atoms with E-state index >= 15 is 0 Å². The monoisotopic (exact) mass is 355 g/mol. The van der Waals surface area contributed by atoms with Crippen LogP contribution >= 0.6 is 11.6 Å². The Balaban J connectivity index is 2.00. The SMILES string of the molecule is CCc1cc(-c2ccc(N)cc2)c(C)n1Cc1cnc(Cl)c(CO)c1. The summed E-state index contributed by atoms with van der Waals surface area (Å²) < 4.78 is 2.29. The number of pyridine rings is 1. The number of halogens is 1. The minimum Gasteiger partial charge on any atom is -0.399 e. The van der Waals surface area contributed by atoms with Gasteiger partial charge in [0.2, 0.25) is 0 Å². The Bertz CT molecular complexity index is 885. The maximum Gasteiger partial charge on any atom is 0.134 e. The van der Waals surface area contributed by atoms with Crippen molar-refractivity contribution in [3.8, 4) is 11.1 Å². The Kier molecular flexibility index (Phi) is 5.11. The van der Waals surface area contributed by atoms with Gasteiger partial charge < -0.3 is 15.4 Å². The topological polar surface area (TPSA) is 64.1 Å². The van der Waals surface area contributed by atoms with Crippen LogP contribution in [-0.2, 0) is 19.6 Å². The van der Waals surface area contributed by atoms with E-state index in [9.17, 15) is 5.11 Å². The van der Waals surface area contributed by atoms with Crippen LogP contribution in [0, 0.1) is 6.92 Å². The molecule has 0 saturated carbocycles. The molecule has 0 aliphatic carbocycles. The number of rotatable bonds is 5. The van der Waals surface area contributed by atoms with Crippen molar-refractivity contribution in [2.75, 3.05) is 5.73 Å². The first-order chi connectivity index (χ1) is 12.0. The zero-order valence-electron chi connectivity index (χ0n) is 14.5. The summed E-state index contributed by atoms with van der Waals surface area (Å²) in [5.41, 5.74) is 13.1. The number of anilines is 1. The second-order valence-electron chi connectivity index (χ2n) is 6.15. The van der Waals surface area contributed by atoms with Crippen LogP contribution in [0.1, 0.15) is 29.4 Å². The summed E-state index contributed by atoms with van der Waals surface area (Å²) in [4.78, 5) is 4.18. The van der Waals surface area contributed by atoms with Crippen molar-refractivity contribution in [3.63, 3.8) is 0 Å². The van der Waals surface area contributed by atoms with Gasteiger partial charge in [-0.1, -0.05) is 30.7 Å². The van der Waals surface area contributed by atoms with Gasteiger partial charge in [0.25, 0.3) is 0 Å². The van der Waals surface area contributed by atoms with Crippen LogP contribution in [0.5, 0.6) is 0 Å². The number of hydrogen-bond acceptors (Lipinski definition) is 3. The molecule has 0 radical (unpaired) electrons. The van der Waals surface area contributed by atoms with Gasteiger partial charge in [0.15, 0.2) is 0 Å². The molecule has 5 heteroatoms. The number of nitrogen functional groups attached to an aromatic ring is 1. The van der Waals surface area contributed by atoms with E-state index in [1.54, 1.807) is 6.20 Å². The molecule has 0 amide bonds. The lowest BCUT2D eigenvalue weighted by Crippen LogP contribution is -2.07. The van der Waals surface area contributed by atoms with Crippen LogP contribution in [0.3, 0.4) is 0 Å². The van der Waals surface area contributed by atoms with Crippen LogP contribution in [0.15, 0.2) is 42.6 Å². The molecular weight excluding hydrogens is 334 g/mol. The molecule has 130 valence electrons. The summed E-state index contributed by atoms with van der Waals surface area (Å²) in [6.45, 7) is 4.86. The predicted molar refractivity (Wildman–Crippen MR) is 103 cm³/mol. The number of aliphatic hydroxyl groups excluding tert-OH is 1. The molecule has 3 rings (SSSR count). The molecular formula is C20H22ClN3O. The molecule has 0 aliphatic heterocycles. The Morgan fingerprint density at radius 1 is 1.20 bits per heavy atom. The molecule has 2 aromatic heterocycles. The highest BCUT2D eigenvalue weighted by molar-refractivity contribution is 6.30. The van der Waals surface area contributed by atoms with Crippen molar-refractivity contribution in [3.05, 3.63) is 70.3 Å². The Labute approximate surface area is 152 Å². The molecule has 0 aliphatic rings. The number of aliphatic hydroxyl groups is 1. The molecule has 3 aromatic rings. The van der Waals surface area contributed by atoms with Crippen LogP contribution < -0.4 is 5.73 Å². The van der Waals surface area contributed by atoms with Crippen molar-refractivity contribution >= 4 is 17.3 Å². The molecule has 3 N–H and O–H groups in total. The third-order valence-electron chi connectivity index (χ3n) is 4.52. The maximum absolute atomic E-state index is 9.40. The van der Waals surface area contributed by atoms with E-state index in [-0.39, 0.29) is 6.61 Å². The van der Waals surface area contributed by atoms with E-state index < -0.39 is 0 Å². The number of aryl methyl sites for hydroxylation is 1. The van der Waals surface area contributed by atoms with Crippen LogP contribution in [0.25, 0.3) is 11.1 Å². The number of nitrogens with zero attached hydrogens (tertiary/aromatic N) is 2. The second-order valence-corrected chi connectivity index (χ2v) is 6.51. The molecule has 0 bridgehead atoms. The first kappa shape index (κ1) is 17.5. The lowest BCUT2D eigenvalue weighted by atomic mass is 10.1. The smallest absolute Gasteiger partial charge is 0.134 e. The van der Waals surface area contributed by atoms with E-state index in [0.717, 1.165) is 23.2 Å². The summed E-state index contributed by atoms with van der Waals surface area (Å²) in [7, 11) is 0. The Hall–Kier alpha value is -2.30. The van der Waals surface area contributed by atoms with Crippen LogP contribution in [0.2, 0.25) is 5.15 Å². The average molecular weight is 356 g/mol. The summed E-state index contributed by atoms with van der Waals surface area (Å²) in [6, 6.07) is 12.1. The fourth-order valence-corrected chi connectivity index (χ4v) is 3.26. The Morgan fingerprint density at radius 2 is 1.92 bits per heavy atom. The summed E-state index contributed by atoms with van der Waals surface area (Å²) in [5.74, 6) is 0. The summed E-state index contributed by atoms with van der Waals surface area (Å²) in [5, 5.41) is 9.75. The van der Waals surface area contributed by atoms with Gasteiger partial charge in [-0.2, -0.15) is 0 Å². The third-order valence-corrected chi connectivity index (χ3v) is 4.86. The average Bonchev–Trinajstić information content (AvgIpc) is 2.93. The number of aromatic nitrogens is 2. The van der Waals surface area contributed by atoms with E-state index in [0.29, 0.717) is 17.3 Å². The molecule has 4 nitrogen and oxygen atoms in total. The first-order valence-corrected chi connectivity index (χ1v) is 8.70. The minimum absolute atomic E-state index is 0.109. The highest BCUT2D eigenvalue weighted by Crippen LogP contribution is 2.29. The second kappa shape index (κ2) is 7.30. The molecule has 0 unspecified atom stereocenters. The molecule has 0 spiro atoms. The lowest BCUT2D eigenvalue weighted by Gasteiger charge is -2.12. The zero-order chi connectivity index (χ0) is 18.0. The first-order valence-electron chi connectivity index (χ1n) is 8.32. The molecule has 0 fully saturated rings. The molecule has 25 heavy (non-hydrogen) atoms. The number of hydrogen-bond donors (Lipinski definition) is 2. The van der Waals surface area contributed by atoms with Gasteiger partial charge >= 0.3 is 0 Å². The molecule has 0 saturated heterocycles. The molecule has 0 atom stereocenters. The highest BCUT2D eigenvalue weighted by Gasteiger charge is 2.13. The van der Waals surface area contributed by atoms with Crippen molar-refractivity contribution in [1.29, 1.82) is 0 Å². The fourth-order valence-electron chi connectivity index (χ4n) is 3.10. The molecule has 2 heterocycles. The minimum atomic E-state index is -0.109. The summed E-state index contributed by atoms with van der Waals surface area (Å²) >= 11 is 6.00. The normalized spacial score (nSPS) is 11.0. The zero-order valence-corrected chi connectivity index (χ0v) is 15.2. The van der Waals surface area contributed by atoms with Crippen LogP contribution in [-0.4, -0.2) is 14.7 Å². The largest absolute Gasteiger partial charge is 0.399 e. The van der Waals surface area contributed by atoms with Crippen LogP contribution in [0.4, 0.5) is 5.69 Å². The van der Waals surface area contributed by atoms with E-state index in [4.69, 9.17) is 17.3 Å². The third kappa shape index (κ3) is 3.55. The number of benzene rings is 1. The van der Waals surface area contributed by atoms with Gasteiger partial charge in [-0.05, 0) is 48.7 Å². The highest BCUT2D eigenvalue weighted by atomic mass is 35.5. The standard InChI is InChI=1S/C20H22ClN3O/c1-3-18-9-19(15-4-6-17(22)7-5-15)13(2)24(18)11-14-8-16(12-25)20(21)23-10-14/h4-10,25H,3,11-12,22H2,1-2H3. The summed E-state index contributed by atoms with van der Waals surface area (Å²) in [6.07, 6.45) is 2.70. The Morgan fingerprint density at radius 3 is 2.56 bits per heavy atom. The van der Waals surface area contributed by atoms with Crippen molar-refractivity contribution in [2.24, 2.45) is 0 Å². The molecule has 1 aromatic carbocycles. The van der Waals surface area contributed by atoms with Gasteiger partial charge in [-0.25, -0.2) is 4.98 Å². The van der Waals surface area contributed by atoms with Gasteiger partial charge in [0.1, 0.15) is 5.15 Å². The van der Waals surface area contributed by atoms with Crippen molar-refractivity contribution in [1.82, 2.24) is 9.55 Å².